The van der Waals surface area contributed by atoms with Gasteiger partial charge in [-0.05, 0) is 32.4 Å². The number of carbonyl (C=O) groups is 1. The number of rotatable bonds is 7. The number of amides is 1. The average Bonchev–Trinajstić information content (AvgIpc) is 2.46. The molecule has 21 heavy (non-hydrogen) atoms. The molecule has 0 aliphatic carbocycles. The summed E-state index contributed by atoms with van der Waals surface area (Å²) in [5.74, 6) is 0.657. The van der Waals surface area contributed by atoms with Crippen LogP contribution in [0.2, 0.25) is 0 Å². The zero-order valence-corrected chi connectivity index (χ0v) is 13.3. The summed E-state index contributed by atoms with van der Waals surface area (Å²) in [7, 11) is 1.73. The normalized spacial score (nSPS) is 11.6. The number of pyridine rings is 1. The molecule has 0 aliphatic heterocycles. The van der Waals surface area contributed by atoms with E-state index in [0.29, 0.717) is 12.0 Å². The van der Waals surface area contributed by atoms with E-state index in [0.717, 1.165) is 30.9 Å². The Balaban J connectivity index is 3.04. The van der Waals surface area contributed by atoms with Crippen LogP contribution in [0.1, 0.15) is 49.7 Å². The number of carbonyl (C=O) groups excluding carboxylic acids is 1. The van der Waals surface area contributed by atoms with Crippen molar-refractivity contribution in [3.8, 4) is 6.07 Å². The lowest BCUT2D eigenvalue weighted by Crippen LogP contribution is -2.35. The summed E-state index contributed by atoms with van der Waals surface area (Å²) in [5.41, 5.74) is 1.54. The van der Waals surface area contributed by atoms with E-state index in [-0.39, 0.29) is 11.9 Å². The molecule has 1 N–H and O–H groups in total. The topological polar surface area (TPSA) is 69.0 Å². The minimum Gasteiger partial charge on any atom is -0.370 e. The first-order chi connectivity index (χ1) is 10.0. The van der Waals surface area contributed by atoms with E-state index in [9.17, 15) is 4.79 Å². The lowest BCUT2D eigenvalue weighted by Gasteiger charge is -2.23. The Morgan fingerprint density at radius 1 is 1.48 bits per heavy atom. The van der Waals surface area contributed by atoms with E-state index in [1.165, 1.54) is 0 Å². The maximum atomic E-state index is 12.5. The van der Waals surface area contributed by atoms with Crippen LogP contribution in [0.25, 0.3) is 0 Å². The van der Waals surface area contributed by atoms with Gasteiger partial charge in [0, 0.05) is 30.9 Å². The first-order valence-corrected chi connectivity index (χ1v) is 7.42. The van der Waals surface area contributed by atoms with Gasteiger partial charge in [-0.3, -0.25) is 4.79 Å². The van der Waals surface area contributed by atoms with Gasteiger partial charge >= 0.3 is 0 Å². The first kappa shape index (κ1) is 17.0. The molecule has 114 valence electrons. The highest BCUT2D eigenvalue weighted by atomic mass is 16.2. The van der Waals surface area contributed by atoms with Gasteiger partial charge in [0.05, 0.1) is 12.5 Å². The van der Waals surface area contributed by atoms with Crippen LogP contribution >= 0.6 is 0 Å². The maximum absolute atomic E-state index is 12.5. The van der Waals surface area contributed by atoms with Gasteiger partial charge in [0.15, 0.2) is 0 Å². The standard InChI is InChI=1S/C16H24N4O/c1-5-7-14-10-13(11-15(19-14)18-6-2)16(21)20(4)12(3)8-9-17/h10-12H,5-8H2,1-4H3,(H,18,19). The predicted octanol–water partition coefficient (Wildman–Crippen LogP) is 2.84. The summed E-state index contributed by atoms with van der Waals surface area (Å²) in [6.45, 7) is 6.72. The molecule has 5 heteroatoms. The van der Waals surface area contributed by atoms with Gasteiger partial charge in [0.1, 0.15) is 5.82 Å². The Hall–Kier alpha value is -2.09. The molecule has 1 aromatic heterocycles. The summed E-state index contributed by atoms with van der Waals surface area (Å²) >= 11 is 0. The maximum Gasteiger partial charge on any atom is 0.254 e. The van der Waals surface area contributed by atoms with Gasteiger partial charge in [-0.25, -0.2) is 4.98 Å². The molecular weight excluding hydrogens is 264 g/mol. The third kappa shape index (κ3) is 4.75. The Morgan fingerprint density at radius 2 is 2.19 bits per heavy atom. The summed E-state index contributed by atoms with van der Waals surface area (Å²) in [5, 5.41) is 11.9. The fourth-order valence-electron chi connectivity index (χ4n) is 2.04. The fourth-order valence-corrected chi connectivity index (χ4v) is 2.04. The van der Waals surface area contributed by atoms with Crippen molar-refractivity contribution in [3.05, 3.63) is 23.4 Å². The number of aryl methyl sites for hydroxylation is 1. The van der Waals surface area contributed by atoms with E-state index in [4.69, 9.17) is 5.26 Å². The predicted molar refractivity (Wildman–Crippen MR) is 84.2 cm³/mol. The molecule has 1 heterocycles. The number of hydrogen-bond acceptors (Lipinski definition) is 4. The Labute approximate surface area is 127 Å². The average molecular weight is 288 g/mol. The number of nitriles is 1. The van der Waals surface area contributed by atoms with E-state index in [1.54, 1.807) is 18.0 Å². The molecule has 0 saturated heterocycles. The van der Waals surface area contributed by atoms with Crippen molar-refractivity contribution in [1.29, 1.82) is 5.26 Å². The van der Waals surface area contributed by atoms with E-state index >= 15 is 0 Å². The van der Waals surface area contributed by atoms with Crippen molar-refractivity contribution >= 4 is 11.7 Å². The zero-order valence-electron chi connectivity index (χ0n) is 13.3. The highest BCUT2D eigenvalue weighted by Crippen LogP contribution is 2.15. The molecule has 0 aromatic carbocycles. The lowest BCUT2D eigenvalue weighted by atomic mass is 10.1. The Bertz CT molecular complexity index is 497. The molecule has 5 nitrogen and oxygen atoms in total. The third-order valence-corrected chi connectivity index (χ3v) is 3.36. The molecule has 0 aliphatic rings. The minimum absolute atomic E-state index is 0.0725. The molecular formula is C16H24N4O. The van der Waals surface area contributed by atoms with Crippen molar-refractivity contribution < 1.29 is 4.79 Å². The van der Waals surface area contributed by atoms with Crippen LogP contribution in [-0.2, 0) is 6.42 Å². The van der Waals surface area contributed by atoms with Crippen LogP contribution in [0.3, 0.4) is 0 Å². The molecule has 0 saturated carbocycles. The minimum atomic E-state index is -0.104. The number of aromatic nitrogens is 1. The molecule has 1 rings (SSSR count). The number of hydrogen-bond donors (Lipinski definition) is 1. The quantitative estimate of drug-likeness (QED) is 0.837. The molecule has 1 aromatic rings. The van der Waals surface area contributed by atoms with Crippen molar-refractivity contribution in [2.24, 2.45) is 0 Å². The monoisotopic (exact) mass is 288 g/mol. The Morgan fingerprint density at radius 3 is 2.76 bits per heavy atom. The molecule has 0 spiro atoms. The van der Waals surface area contributed by atoms with E-state index in [2.05, 4.69) is 23.3 Å². The molecule has 0 fully saturated rings. The molecule has 0 radical (unpaired) electrons. The summed E-state index contributed by atoms with van der Waals surface area (Å²) in [6, 6.07) is 5.62. The SMILES string of the molecule is CCCc1cc(C(=O)N(C)C(C)CC#N)cc(NCC)n1. The summed E-state index contributed by atoms with van der Waals surface area (Å²) in [4.78, 5) is 18.7. The number of nitrogens with zero attached hydrogens (tertiary/aromatic N) is 3. The highest BCUT2D eigenvalue weighted by Gasteiger charge is 2.18. The van der Waals surface area contributed by atoms with Crippen LogP contribution in [0.4, 0.5) is 5.82 Å². The van der Waals surface area contributed by atoms with Gasteiger partial charge in [-0.2, -0.15) is 5.26 Å². The molecule has 0 bridgehead atoms. The molecule has 1 atom stereocenters. The van der Waals surface area contributed by atoms with Crippen LogP contribution in [0.5, 0.6) is 0 Å². The van der Waals surface area contributed by atoms with E-state index < -0.39 is 0 Å². The van der Waals surface area contributed by atoms with Crippen molar-refractivity contribution in [3.63, 3.8) is 0 Å². The van der Waals surface area contributed by atoms with Crippen molar-refractivity contribution in [2.75, 3.05) is 18.9 Å². The Kier molecular flexibility index (Phi) is 6.67. The highest BCUT2D eigenvalue weighted by molar-refractivity contribution is 5.95. The zero-order chi connectivity index (χ0) is 15.8. The molecule has 1 unspecified atom stereocenters. The van der Waals surface area contributed by atoms with Gasteiger partial charge < -0.3 is 10.2 Å². The number of anilines is 1. The number of nitrogens with one attached hydrogen (secondary N) is 1. The lowest BCUT2D eigenvalue weighted by molar-refractivity contribution is 0.0746. The van der Waals surface area contributed by atoms with Crippen LogP contribution in [0, 0.1) is 11.3 Å². The van der Waals surface area contributed by atoms with Gasteiger partial charge in [0.2, 0.25) is 0 Å². The van der Waals surface area contributed by atoms with Crippen LogP contribution in [0.15, 0.2) is 12.1 Å². The van der Waals surface area contributed by atoms with Crippen LogP contribution in [-0.4, -0.2) is 35.4 Å². The second-order valence-electron chi connectivity index (χ2n) is 5.14. The van der Waals surface area contributed by atoms with Crippen molar-refractivity contribution in [2.45, 2.75) is 46.1 Å². The van der Waals surface area contributed by atoms with Gasteiger partial charge in [0.25, 0.3) is 5.91 Å². The van der Waals surface area contributed by atoms with Gasteiger partial charge in [-0.1, -0.05) is 13.3 Å². The molecule has 1 amide bonds. The van der Waals surface area contributed by atoms with Crippen molar-refractivity contribution in [1.82, 2.24) is 9.88 Å². The largest absolute Gasteiger partial charge is 0.370 e. The summed E-state index contributed by atoms with van der Waals surface area (Å²) < 4.78 is 0. The fraction of sp³-hybridized carbons (Fsp3) is 0.562. The second-order valence-corrected chi connectivity index (χ2v) is 5.14. The second kappa shape index (κ2) is 8.25. The van der Waals surface area contributed by atoms with Gasteiger partial charge in [-0.15, -0.1) is 0 Å². The van der Waals surface area contributed by atoms with E-state index in [1.807, 2.05) is 19.9 Å². The summed E-state index contributed by atoms with van der Waals surface area (Å²) in [6.07, 6.45) is 2.16. The third-order valence-electron chi connectivity index (χ3n) is 3.36. The first-order valence-electron chi connectivity index (χ1n) is 7.42. The smallest absolute Gasteiger partial charge is 0.254 e. The van der Waals surface area contributed by atoms with Crippen LogP contribution < -0.4 is 5.32 Å².